The Morgan fingerprint density at radius 3 is 2.85 bits per heavy atom. The van der Waals surface area contributed by atoms with Crippen molar-refractivity contribution in [3.8, 4) is 0 Å². The van der Waals surface area contributed by atoms with Crippen LogP contribution in [-0.2, 0) is 4.79 Å². The van der Waals surface area contributed by atoms with Crippen LogP contribution in [0, 0.1) is 6.92 Å². The summed E-state index contributed by atoms with van der Waals surface area (Å²) >= 11 is 0. The van der Waals surface area contributed by atoms with Crippen molar-refractivity contribution in [1.82, 2.24) is 9.97 Å². The van der Waals surface area contributed by atoms with E-state index in [9.17, 15) is 9.59 Å². The second kappa shape index (κ2) is 5.79. The number of oxazole rings is 1. The number of nitrogens with zero attached hydrogens (tertiary/aromatic N) is 2. The van der Waals surface area contributed by atoms with Gasteiger partial charge in [-0.3, -0.25) is 4.79 Å². The van der Waals surface area contributed by atoms with E-state index >= 15 is 0 Å². The predicted octanol–water partition coefficient (Wildman–Crippen LogP) is 1.73. The van der Waals surface area contributed by atoms with E-state index in [2.05, 4.69) is 15.3 Å². The molecule has 0 atom stereocenters. The summed E-state index contributed by atoms with van der Waals surface area (Å²) in [7, 11) is 0. The SMILES string of the molecule is Cc1ncoc1C(=O)Nc1cc(/C=C/C(=O)O)ccn1. The maximum atomic E-state index is 11.9. The maximum absolute atomic E-state index is 11.9. The average molecular weight is 273 g/mol. The normalized spacial score (nSPS) is 10.7. The highest BCUT2D eigenvalue weighted by molar-refractivity contribution is 6.02. The van der Waals surface area contributed by atoms with Crippen LogP contribution in [0.2, 0.25) is 0 Å². The Morgan fingerprint density at radius 1 is 1.40 bits per heavy atom. The van der Waals surface area contributed by atoms with E-state index in [0.717, 1.165) is 6.08 Å². The van der Waals surface area contributed by atoms with Crippen LogP contribution in [0.3, 0.4) is 0 Å². The van der Waals surface area contributed by atoms with Gasteiger partial charge in [0, 0.05) is 12.3 Å². The number of amides is 1. The van der Waals surface area contributed by atoms with Gasteiger partial charge in [0.15, 0.2) is 6.39 Å². The molecule has 0 aliphatic carbocycles. The molecule has 0 aliphatic rings. The topological polar surface area (TPSA) is 105 Å². The molecule has 0 radical (unpaired) electrons. The van der Waals surface area contributed by atoms with E-state index in [0.29, 0.717) is 17.1 Å². The molecule has 2 N–H and O–H groups in total. The lowest BCUT2D eigenvalue weighted by Crippen LogP contribution is -2.13. The zero-order valence-corrected chi connectivity index (χ0v) is 10.5. The minimum atomic E-state index is -1.05. The number of anilines is 1. The van der Waals surface area contributed by atoms with E-state index < -0.39 is 11.9 Å². The van der Waals surface area contributed by atoms with Gasteiger partial charge in [0.1, 0.15) is 5.82 Å². The van der Waals surface area contributed by atoms with Gasteiger partial charge in [-0.2, -0.15) is 0 Å². The fraction of sp³-hybridized carbons (Fsp3) is 0.0769. The molecular formula is C13H11N3O4. The summed E-state index contributed by atoms with van der Waals surface area (Å²) in [5.74, 6) is -1.12. The number of hydrogen-bond acceptors (Lipinski definition) is 5. The number of aryl methyl sites for hydroxylation is 1. The van der Waals surface area contributed by atoms with E-state index in [1.165, 1.54) is 18.7 Å². The first-order valence-corrected chi connectivity index (χ1v) is 5.65. The quantitative estimate of drug-likeness (QED) is 0.822. The standard InChI is InChI=1S/C13H11N3O4/c1-8-12(20-7-15-8)13(19)16-10-6-9(4-5-14-10)2-3-11(17)18/h2-7H,1H3,(H,17,18)(H,14,16,19)/b3-2+. The maximum Gasteiger partial charge on any atom is 0.328 e. The lowest BCUT2D eigenvalue weighted by atomic mass is 10.2. The first-order chi connectivity index (χ1) is 9.56. The van der Waals surface area contributed by atoms with Crippen LogP contribution in [0.5, 0.6) is 0 Å². The van der Waals surface area contributed by atoms with Crippen LogP contribution in [0.15, 0.2) is 35.2 Å². The average Bonchev–Trinajstić information content (AvgIpc) is 2.83. The number of carbonyl (C=O) groups excluding carboxylic acids is 1. The van der Waals surface area contributed by atoms with Crippen molar-refractivity contribution in [2.75, 3.05) is 5.32 Å². The smallest absolute Gasteiger partial charge is 0.328 e. The number of pyridine rings is 1. The molecule has 7 nitrogen and oxygen atoms in total. The van der Waals surface area contributed by atoms with E-state index in [4.69, 9.17) is 9.52 Å². The van der Waals surface area contributed by atoms with Crippen molar-refractivity contribution in [3.05, 3.63) is 47.8 Å². The fourth-order valence-corrected chi connectivity index (χ4v) is 1.48. The van der Waals surface area contributed by atoms with Gasteiger partial charge < -0.3 is 14.8 Å². The van der Waals surface area contributed by atoms with E-state index in [1.54, 1.807) is 19.1 Å². The van der Waals surface area contributed by atoms with Gasteiger partial charge in [0.25, 0.3) is 5.91 Å². The number of rotatable bonds is 4. The molecule has 0 unspecified atom stereocenters. The van der Waals surface area contributed by atoms with Gasteiger partial charge in [-0.1, -0.05) is 0 Å². The molecule has 7 heteroatoms. The van der Waals surface area contributed by atoms with Gasteiger partial charge in [0.2, 0.25) is 5.76 Å². The molecular weight excluding hydrogens is 262 g/mol. The highest BCUT2D eigenvalue weighted by Crippen LogP contribution is 2.12. The molecule has 0 saturated heterocycles. The van der Waals surface area contributed by atoms with Gasteiger partial charge in [-0.15, -0.1) is 0 Å². The third-order valence-corrected chi connectivity index (χ3v) is 2.40. The van der Waals surface area contributed by atoms with Crippen molar-refractivity contribution in [2.45, 2.75) is 6.92 Å². The van der Waals surface area contributed by atoms with Crippen LogP contribution in [-0.4, -0.2) is 27.0 Å². The molecule has 0 bridgehead atoms. The molecule has 2 aromatic heterocycles. The number of aromatic nitrogens is 2. The van der Waals surface area contributed by atoms with Crippen LogP contribution in [0.25, 0.3) is 6.08 Å². The fourth-order valence-electron chi connectivity index (χ4n) is 1.48. The monoisotopic (exact) mass is 273 g/mol. The zero-order chi connectivity index (χ0) is 14.5. The third-order valence-electron chi connectivity index (χ3n) is 2.40. The summed E-state index contributed by atoms with van der Waals surface area (Å²) in [4.78, 5) is 30.1. The number of carboxylic acid groups (broad SMARTS) is 1. The van der Waals surface area contributed by atoms with Crippen molar-refractivity contribution < 1.29 is 19.1 Å². The number of hydrogen-bond donors (Lipinski definition) is 2. The van der Waals surface area contributed by atoms with Gasteiger partial charge in [0.05, 0.1) is 5.69 Å². The Hall–Kier alpha value is -2.96. The van der Waals surface area contributed by atoms with Crippen LogP contribution in [0.1, 0.15) is 21.8 Å². The van der Waals surface area contributed by atoms with Crippen LogP contribution < -0.4 is 5.32 Å². The molecule has 0 spiro atoms. The summed E-state index contributed by atoms with van der Waals surface area (Å²) in [5.41, 5.74) is 1.08. The van der Waals surface area contributed by atoms with Gasteiger partial charge >= 0.3 is 5.97 Å². The molecule has 2 heterocycles. The summed E-state index contributed by atoms with van der Waals surface area (Å²) in [6, 6.07) is 3.16. The van der Waals surface area contributed by atoms with Crippen molar-refractivity contribution in [1.29, 1.82) is 0 Å². The minimum absolute atomic E-state index is 0.110. The number of carbonyl (C=O) groups is 2. The lowest BCUT2D eigenvalue weighted by molar-refractivity contribution is -0.131. The molecule has 20 heavy (non-hydrogen) atoms. The highest BCUT2D eigenvalue weighted by Gasteiger charge is 2.14. The Balaban J connectivity index is 2.14. The first-order valence-electron chi connectivity index (χ1n) is 5.65. The molecule has 0 aromatic carbocycles. The number of carboxylic acids is 1. The largest absolute Gasteiger partial charge is 0.478 e. The van der Waals surface area contributed by atoms with Crippen molar-refractivity contribution in [2.24, 2.45) is 0 Å². The lowest BCUT2D eigenvalue weighted by Gasteiger charge is -2.03. The molecule has 1 amide bonds. The third kappa shape index (κ3) is 3.29. The van der Waals surface area contributed by atoms with Gasteiger partial charge in [-0.05, 0) is 30.7 Å². The van der Waals surface area contributed by atoms with Crippen molar-refractivity contribution >= 4 is 23.8 Å². The molecule has 102 valence electrons. The van der Waals surface area contributed by atoms with Crippen molar-refractivity contribution in [3.63, 3.8) is 0 Å². The summed E-state index contributed by atoms with van der Waals surface area (Å²) < 4.78 is 4.96. The number of nitrogens with one attached hydrogen (secondary N) is 1. The first kappa shape index (κ1) is 13.5. The minimum Gasteiger partial charge on any atom is -0.478 e. The van der Waals surface area contributed by atoms with Crippen LogP contribution in [0.4, 0.5) is 5.82 Å². The molecule has 0 saturated carbocycles. The highest BCUT2D eigenvalue weighted by atomic mass is 16.4. The Bertz CT molecular complexity index is 676. The van der Waals surface area contributed by atoms with Crippen LogP contribution >= 0.6 is 0 Å². The van der Waals surface area contributed by atoms with Gasteiger partial charge in [-0.25, -0.2) is 14.8 Å². The summed E-state index contributed by atoms with van der Waals surface area (Å²) in [6.45, 7) is 1.65. The number of aliphatic carboxylic acids is 1. The van der Waals surface area contributed by atoms with E-state index in [-0.39, 0.29) is 5.76 Å². The Labute approximate surface area is 114 Å². The van der Waals surface area contributed by atoms with E-state index in [1.807, 2.05) is 0 Å². The second-order valence-electron chi connectivity index (χ2n) is 3.87. The molecule has 0 aliphatic heterocycles. The summed E-state index contributed by atoms with van der Waals surface area (Å²) in [6.07, 6.45) is 5.05. The summed E-state index contributed by atoms with van der Waals surface area (Å²) in [5, 5.41) is 11.1. The Kier molecular flexibility index (Phi) is 3.90. The Morgan fingerprint density at radius 2 is 2.20 bits per heavy atom. The zero-order valence-electron chi connectivity index (χ0n) is 10.5. The molecule has 2 aromatic rings. The molecule has 2 rings (SSSR count). The predicted molar refractivity (Wildman–Crippen MR) is 70.1 cm³/mol. The molecule has 0 fully saturated rings. The second-order valence-corrected chi connectivity index (χ2v) is 3.87.